The van der Waals surface area contributed by atoms with E-state index in [1.165, 1.54) is 0 Å². The summed E-state index contributed by atoms with van der Waals surface area (Å²) >= 11 is 0. The number of nitrogens with zero attached hydrogens (tertiary/aromatic N) is 1. The second kappa shape index (κ2) is 7.71. The number of ether oxygens (including phenoxy) is 1. The predicted molar refractivity (Wildman–Crippen MR) is 68.4 cm³/mol. The Bertz CT molecular complexity index is 574. The molecule has 21 heavy (non-hydrogen) atoms. The van der Waals surface area contributed by atoms with Gasteiger partial charge in [-0.2, -0.15) is 4.39 Å². The molecular formula is C9H15FN3O7P. The van der Waals surface area contributed by atoms with Gasteiger partial charge in [0.05, 0.1) is 18.9 Å². The number of aliphatic hydroxyl groups excluding tert-OH is 2. The van der Waals surface area contributed by atoms with Crippen LogP contribution < -0.4 is 16.8 Å². The van der Waals surface area contributed by atoms with Crippen LogP contribution in [0.5, 0.6) is 0 Å². The lowest BCUT2D eigenvalue weighted by Crippen LogP contribution is -2.34. The van der Waals surface area contributed by atoms with Crippen molar-refractivity contribution in [2.45, 2.75) is 24.9 Å². The first kappa shape index (κ1) is 17.9. The largest absolute Gasteiger partial charge is 0.394 e. The zero-order valence-corrected chi connectivity index (χ0v) is 11.5. The highest BCUT2D eigenvalue weighted by Crippen LogP contribution is 2.27. The van der Waals surface area contributed by atoms with E-state index in [0.29, 0.717) is 0 Å². The van der Waals surface area contributed by atoms with Crippen molar-refractivity contribution in [1.82, 2.24) is 9.55 Å². The summed E-state index contributed by atoms with van der Waals surface area (Å²) in [5.74, 6) is -1.12. The number of hydrogen-bond donors (Lipinski definition) is 6. The molecule has 2 rings (SSSR count). The Morgan fingerprint density at radius 3 is 2.57 bits per heavy atom. The lowest BCUT2D eigenvalue weighted by atomic mass is 10.2. The average molecular weight is 327 g/mol. The maximum Gasteiger partial charge on any atom is 0.330 e. The molecule has 1 aliphatic rings. The highest BCUT2D eigenvalue weighted by Gasteiger charge is 2.35. The summed E-state index contributed by atoms with van der Waals surface area (Å²) in [4.78, 5) is 38.9. The van der Waals surface area contributed by atoms with E-state index in [1.807, 2.05) is 0 Å². The van der Waals surface area contributed by atoms with Gasteiger partial charge < -0.3 is 24.7 Å². The molecule has 7 N–H and O–H groups in total. The van der Waals surface area contributed by atoms with E-state index < -0.39 is 50.6 Å². The second-order valence-electron chi connectivity index (χ2n) is 4.08. The third-order valence-corrected chi connectivity index (χ3v) is 2.62. The maximum absolute atomic E-state index is 13.0. The summed E-state index contributed by atoms with van der Waals surface area (Å²) < 4.78 is 19.0. The van der Waals surface area contributed by atoms with E-state index in [0.717, 1.165) is 10.8 Å². The molecule has 12 heteroatoms. The van der Waals surface area contributed by atoms with Crippen LogP contribution in [0.25, 0.3) is 0 Å². The second-order valence-corrected chi connectivity index (χ2v) is 4.72. The standard InChI is InChI=1S/C9H11FN2O5.H4NO2P/c10-4-2-12(9(16)11-8(4)15)7-1-5(14)6(3-13)17-7;1-4(2)3/h2,5-7,13-14H,1,3H2,(H,11,15,16);2-3H,1H2/t5-,6+,7+;/m0./s1. The topological polar surface area (TPSA) is 171 Å². The summed E-state index contributed by atoms with van der Waals surface area (Å²) in [6, 6.07) is 0. The Balaban J connectivity index is 0.000000491. The molecular weight excluding hydrogens is 312 g/mol. The first-order valence-electron chi connectivity index (χ1n) is 5.64. The van der Waals surface area contributed by atoms with Crippen LogP contribution in [-0.2, 0) is 4.74 Å². The summed E-state index contributed by atoms with van der Waals surface area (Å²) in [6.07, 6.45) is -1.90. The number of H-pyrrole nitrogens is 1. The molecule has 0 radical (unpaired) electrons. The molecule has 0 unspecified atom stereocenters. The normalized spacial score (nSPS) is 24.8. The van der Waals surface area contributed by atoms with Crippen LogP contribution in [0.4, 0.5) is 4.39 Å². The zero-order chi connectivity index (χ0) is 16.2. The van der Waals surface area contributed by atoms with Crippen molar-refractivity contribution in [1.29, 1.82) is 0 Å². The highest BCUT2D eigenvalue weighted by molar-refractivity contribution is 7.42. The molecule has 3 atom stereocenters. The summed E-state index contributed by atoms with van der Waals surface area (Å²) in [5, 5.41) is 18.3. The van der Waals surface area contributed by atoms with Crippen molar-refractivity contribution in [2.75, 3.05) is 6.61 Å². The third kappa shape index (κ3) is 4.93. The van der Waals surface area contributed by atoms with Crippen molar-refractivity contribution < 1.29 is 29.1 Å². The van der Waals surface area contributed by atoms with E-state index in [2.05, 4.69) is 5.50 Å². The van der Waals surface area contributed by atoms with Gasteiger partial charge in [-0.25, -0.2) is 4.79 Å². The summed E-state index contributed by atoms with van der Waals surface area (Å²) in [7, 11) is -2.12. The first-order chi connectivity index (χ1) is 9.76. The zero-order valence-electron chi connectivity index (χ0n) is 10.6. The van der Waals surface area contributed by atoms with Gasteiger partial charge in [0.25, 0.3) is 5.56 Å². The number of aromatic amines is 1. The molecule has 10 nitrogen and oxygen atoms in total. The molecule has 120 valence electrons. The fourth-order valence-electron chi connectivity index (χ4n) is 1.72. The van der Waals surface area contributed by atoms with Crippen LogP contribution in [-0.4, -0.2) is 48.4 Å². The number of rotatable bonds is 2. The molecule has 0 bridgehead atoms. The van der Waals surface area contributed by atoms with Crippen LogP contribution in [0.3, 0.4) is 0 Å². The fourth-order valence-corrected chi connectivity index (χ4v) is 1.72. The quantitative estimate of drug-likeness (QED) is 0.323. The molecule has 1 saturated heterocycles. The molecule has 0 amide bonds. The summed E-state index contributed by atoms with van der Waals surface area (Å²) in [6.45, 7) is -0.405. The molecule has 0 aromatic carbocycles. The van der Waals surface area contributed by atoms with Gasteiger partial charge in [-0.05, 0) is 0 Å². The number of nitrogens with two attached hydrogens (primary N) is 1. The van der Waals surface area contributed by atoms with Gasteiger partial charge in [0.2, 0.25) is 14.3 Å². The highest BCUT2D eigenvalue weighted by atomic mass is 31.2. The number of aliphatic hydroxyl groups is 2. The van der Waals surface area contributed by atoms with Crippen molar-refractivity contribution >= 4 is 8.53 Å². The van der Waals surface area contributed by atoms with E-state index in [1.54, 1.807) is 4.98 Å². The number of hydrogen-bond acceptors (Lipinski definition) is 8. The monoisotopic (exact) mass is 327 g/mol. The van der Waals surface area contributed by atoms with Gasteiger partial charge in [0.15, 0.2) is 0 Å². The van der Waals surface area contributed by atoms with E-state index in [4.69, 9.17) is 19.6 Å². The van der Waals surface area contributed by atoms with Crippen molar-refractivity contribution in [3.63, 3.8) is 0 Å². The molecule has 0 spiro atoms. The SMILES string of the molecule is NP(O)O.O=c1[nH]c(=O)n([C@H]2C[C@H](O)[C@@H](CO)O2)cc1F. The Hall–Kier alpha value is -1.20. The molecule has 1 aromatic rings. The first-order valence-corrected chi connectivity index (χ1v) is 6.95. The van der Waals surface area contributed by atoms with E-state index in [9.17, 15) is 19.1 Å². The van der Waals surface area contributed by atoms with Gasteiger partial charge >= 0.3 is 5.69 Å². The van der Waals surface area contributed by atoms with Crippen LogP contribution in [0.1, 0.15) is 12.6 Å². The maximum atomic E-state index is 13.0. The molecule has 1 fully saturated rings. The van der Waals surface area contributed by atoms with Crippen LogP contribution in [0.15, 0.2) is 15.8 Å². The molecule has 1 aromatic heterocycles. The molecule has 0 saturated carbocycles. The van der Waals surface area contributed by atoms with Crippen molar-refractivity contribution in [3.8, 4) is 0 Å². The molecule has 0 aliphatic carbocycles. The van der Waals surface area contributed by atoms with Gasteiger partial charge in [-0.15, -0.1) is 0 Å². The third-order valence-electron chi connectivity index (χ3n) is 2.62. The van der Waals surface area contributed by atoms with Gasteiger partial charge in [-0.3, -0.25) is 19.8 Å². The summed E-state index contributed by atoms with van der Waals surface area (Å²) in [5.41, 5.74) is 2.35. The predicted octanol–water partition coefficient (Wildman–Crippen LogP) is -2.53. The number of nitrogens with one attached hydrogen (secondary N) is 1. The minimum atomic E-state index is -2.12. The minimum Gasteiger partial charge on any atom is -0.394 e. The van der Waals surface area contributed by atoms with Crippen molar-refractivity contribution in [2.24, 2.45) is 5.50 Å². The van der Waals surface area contributed by atoms with Crippen LogP contribution in [0.2, 0.25) is 0 Å². The van der Waals surface area contributed by atoms with Gasteiger partial charge in [0, 0.05) is 6.42 Å². The lowest BCUT2D eigenvalue weighted by molar-refractivity contribution is -0.0462. The Labute approximate surface area is 118 Å². The van der Waals surface area contributed by atoms with Crippen LogP contribution >= 0.6 is 8.53 Å². The van der Waals surface area contributed by atoms with E-state index >= 15 is 0 Å². The minimum absolute atomic E-state index is 0.0383. The van der Waals surface area contributed by atoms with Gasteiger partial charge in [0.1, 0.15) is 12.3 Å². The Kier molecular flexibility index (Phi) is 6.55. The van der Waals surface area contributed by atoms with Crippen LogP contribution in [0, 0.1) is 5.82 Å². The van der Waals surface area contributed by atoms with Gasteiger partial charge in [-0.1, -0.05) is 0 Å². The number of halogens is 1. The molecule has 2 heterocycles. The lowest BCUT2D eigenvalue weighted by Gasteiger charge is -2.13. The Morgan fingerprint density at radius 2 is 2.10 bits per heavy atom. The average Bonchev–Trinajstić information content (AvgIpc) is 2.74. The molecule has 1 aliphatic heterocycles. The smallest absolute Gasteiger partial charge is 0.330 e. The Morgan fingerprint density at radius 1 is 1.52 bits per heavy atom. The van der Waals surface area contributed by atoms with E-state index in [-0.39, 0.29) is 6.42 Å². The van der Waals surface area contributed by atoms with Crippen molar-refractivity contribution in [3.05, 3.63) is 32.9 Å². The fraction of sp³-hybridized carbons (Fsp3) is 0.556. The number of aromatic nitrogens is 2.